The monoisotopic (exact) mass is 314 g/mol. The highest BCUT2D eigenvalue weighted by Crippen LogP contribution is 2.29. The first-order valence-corrected chi connectivity index (χ1v) is 6.93. The summed E-state index contributed by atoms with van der Waals surface area (Å²) in [6.07, 6.45) is 0. The molecule has 118 valence electrons. The maximum absolute atomic E-state index is 12.7. The van der Waals surface area contributed by atoms with Gasteiger partial charge in [0.05, 0.1) is 6.54 Å². The zero-order chi connectivity index (χ0) is 16.6. The lowest BCUT2D eigenvalue weighted by Crippen LogP contribution is -2.40. The van der Waals surface area contributed by atoms with Crippen LogP contribution in [0.2, 0.25) is 0 Å². The van der Waals surface area contributed by atoms with Crippen molar-refractivity contribution in [2.75, 3.05) is 0 Å². The highest BCUT2D eigenvalue weighted by atomic mass is 16.4. The van der Waals surface area contributed by atoms with Crippen LogP contribution in [0.4, 0.5) is 4.79 Å². The fourth-order valence-electron chi connectivity index (χ4n) is 2.54. The van der Waals surface area contributed by atoms with Crippen LogP contribution in [0, 0.1) is 0 Å². The van der Waals surface area contributed by atoms with Gasteiger partial charge >= 0.3 is 12.0 Å². The van der Waals surface area contributed by atoms with Crippen molar-refractivity contribution in [2.24, 2.45) is 0 Å². The Hall–Kier alpha value is -3.09. The normalized spacial score (nSPS) is 20.7. The zero-order valence-electron chi connectivity index (χ0n) is 12.3. The van der Waals surface area contributed by atoms with Crippen molar-refractivity contribution in [1.82, 2.24) is 10.2 Å². The summed E-state index contributed by atoms with van der Waals surface area (Å²) < 4.78 is 5.10. The molecular weight excluding hydrogens is 300 g/mol. The number of imide groups is 1. The number of carbonyl (C=O) groups excluding carboxylic acids is 2. The molecule has 1 unspecified atom stereocenters. The number of amides is 3. The summed E-state index contributed by atoms with van der Waals surface area (Å²) in [5.41, 5.74) is -0.480. The molecule has 0 radical (unpaired) electrons. The summed E-state index contributed by atoms with van der Waals surface area (Å²) in [5, 5.41) is 11.5. The van der Waals surface area contributed by atoms with E-state index >= 15 is 0 Å². The Kier molecular flexibility index (Phi) is 3.40. The molecular formula is C16H14N2O5. The second kappa shape index (κ2) is 5.28. The van der Waals surface area contributed by atoms with E-state index in [1.54, 1.807) is 31.2 Å². The second-order valence-electron chi connectivity index (χ2n) is 5.38. The van der Waals surface area contributed by atoms with E-state index < -0.39 is 23.4 Å². The van der Waals surface area contributed by atoms with Crippen LogP contribution in [0.1, 0.15) is 28.8 Å². The van der Waals surface area contributed by atoms with Crippen LogP contribution in [0.15, 0.2) is 46.9 Å². The Morgan fingerprint density at radius 3 is 2.52 bits per heavy atom. The summed E-state index contributed by atoms with van der Waals surface area (Å²) in [5.74, 6) is -1.63. The van der Waals surface area contributed by atoms with E-state index in [0.29, 0.717) is 5.56 Å². The van der Waals surface area contributed by atoms with Gasteiger partial charge in [-0.1, -0.05) is 30.3 Å². The predicted octanol–water partition coefficient (Wildman–Crippen LogP) is 1.95. The molecule has 0 aliphatic carbocycles. The van der Waals surface area contributed by atoms with E-state index in [1.807, 2.05) is 6.07 Å². The van der Waals surface area contributed by atoms with Gasteiger partial charge in [0, 0.05) is 0 Å². The third-order valence-corrected chi connectivity index (χ3v) is 3.81. The van der Waals surface area contributed by atoms with E-state index in [-0.39, 0.29) is 18.1 Å². The molecule has 0 bridgehead atoms. The minimum atomic E-state index is -1.21. The number of nitrogens with one attached hydrogen (secondary N) is 1. The van der Waals surface area contributed by atoms with Crippen molar-refractivity contribution in [2.45, 2.75) is 19.0 Å². The number of urea groups is 1. The Balaban J connectivity index is 1.85. The molecule has 1 aliphatic rings. The quantitative estimate of drug-likeness (QED) is 0.840. The molecule has 1 saturated heterocycles. The van der Waals surface area contributed by atoms with Gasteiger partial charge in [-0.15, -0.1) is 0 Å². The third-order valence-electron chi connectivity index (χ3n) is 3.81. The first kappa shape index (κ1) is 14.8. The van der Waals surface area contributed by atoms with Crippen LogP contribution in [0.25, 0.3) is 0 Å². The Bertz CT molecular complexity index is 783. The van der Waals surface area contributed by atoms with Crippen molar-refractivity contribution >= 4 is 17.9 Å². The van der Waals surface area contributed by atoms with Crippen molar-refractivity contribution in [3.63, 3.8) is 0 Å². The molecule has 1 atom stereocenters. The largest absolute Gasteiger partial charge is 0.475 e. The first-order chi connectivity index (χ1) is 10.9. The lowest BCUT2D eigenvalue weighted by molar-refractivity contribution is -0.131. The average molecular weight is 314 g/mol. The van der Waals surface area contributed by atoms with Crippen molar-refractivity contribution < 1.29 is 23.9 Å². The zero-order valence-corrected chi connectivity index (χ0v) is 12.3. The summed E-state index contributed by atoms with van der Waals surface area (Å²) in [4.78, 5) is 36.6. The number of nitrogens with zero attached hydrogens (tertiary/aromatic N) is 1. The standard InChI is InChI=1S/C16H14N2O5/c1-16(10-5-3-2-4-6-10)14(21)18(15(22)17-16)9-11-7-8-12(23-11)13(19)20/h2-8H,9H2,1H3,(H,17,22)(H,19,20). The van der Waals surface area contributed by atoms with Gasteiger partial charge in [-0.2, -0.15) is 0 Å². The smallest absolute Gasteiger partial charge is 0.371 e. The predicted molar refractivity (Wildman–Crippen MR) is 78.5 cm³/mol. The number of carboxylic acid groups (broad SMARTS) is 1. The molecule has 0 spiro atoms. The molecule has 1 aromatic carbocycles. The van der Waals surface area contributed by atoms with E-state index in [9.17, 15) is 14.4 Å². The first-order valence-electron chi connectivity index (χ1n) is 6.93. The van der Waals surface area contributed by atoms with E-state index in [4.69, 9.17) is 9.52 Å². The molecule has 1 fully saturated rings. The Labute approximate surface area is 131 Å². The van der Waals surface area contributed by atoms with Gasteiger partial charge in [0.15, 0.2) is 0 Å². The molecule has 2 aromatic rings. The van der Waals surface area contributed by atoms with Crippen molar-refractivity contribution in [3.8, 4) is 0 Å². The fourth-order valence-corrected chi connectivity index (χ4v) is 2.54. The fraction of sp³-hybridized carbons (Fsp3) is 0.188. The number of carbonyl (C=O) groups is 3. The molecule has 0 saturated carbocycles. The third kappa shape index (κ3) is 2.46. The number of carboxylic acids is 1. The van der Waals surface area contributed by atoms with Gasteiger partial charge < -0.3 is 14.8 Å². The van der Waals surface area contributed by atoms with Crippen LogP contribution >= 0.6 is 0 Å². The van der Waals surface area contributed by atoms with Crippen molar-refractivity contribution in [1.29, 1.82) is 0 Å². The molecule has 7 nitrogen and oxygen atoms in total. The van der Waals surface area contributed by atoms with Gasteiger partial charge in [0.1, 0.15) is 11.3 Å². The number of furan rings is 1. The molecule has 3 rings (SSSR count). The molecule has 2 N–H and O–H groups in total. The molecule has 1 aliphatic heterocycles. The van der Waals surface area contributed by atoms with Crippen LogP contribution in [0.5, 0.6) is 0 Å². The maximum atomic E-state index is 12.7. The van der Waals surface area contributed by atoms with Gasteiger partial charge in [0.2, 0.25) is 5.76 Å². The number of hydrogen-bond acceptors (Lipinski definition) is 4. The average Bonchev–Trinajstić information content (AvgIpc) is 3.08. The highest BCUT2D eigenvalue weighted by molar-refractivity contribution is 6.07. The molecule has 23 heavy (non-hydrogen) atoms. The number of aromatic carboxylic acids is 1. The van der Waals surface area contributed by atoms with Crippen LogP contribution in [-0.2, 0) is 16.9 Å². The van der Waals surface area contributed by atoms with Crippen LogP contribution < -0.4 is 5.32 Å². The summed E-state index contributed by atoms with van der Waals surface area (Å²) in [6.45, 7) is 1.51. The summed E-state index contributed by atoms with van der Waals surface area (Å²) >= 11 is 0. The number of hydrogen-bond donors (Lipinski definition) is 2. The minimum absolute atomic E-state index is 0.125. The Morgan fingerprint density at radius 2 is 1.91 bits per heavy atom. The number of rotatable bonds is 4. The van der Waals surface area contributed by atoms with Crippen LogP contribution in [-0.4, -0.2) is 27.9 Å². The van der Waals surface area contributed by atoms with Crippen molar-refractivity contribution in [3.05, 3.63) is 59.5 Å². The lowest BCUT2D eigenvalue weighted by Gasteiger charge is -2.21. The van der Waals surface area contributed by atoms with Crippen LogP contribution in [0.3, 0.4) is 0 Å². The second-order valence-corrected chi connectivity index (χ2v) is 5.38. The Morgan fingerprint density at radius 1 is 1.22 bits per heavy atom. The summed E-state index contributed by atoms with van der Waals surface area (Å²) in [6, 6.07) is 11.1. The summed E-state index contributed by atoms with van der Waals surface area (Å²) in [7, 11) is 0. The maximum Gasteiger partial charge on any atom is 0.371 e. The van der Waals surface area contributed by atoms with Gasteiger partial charge in [-0.3, -0.25) is 9.69 Å². The molecule has 7 heteroatoms. The van der Waals surface area contributed by atoms with E-state index in [2.05, 4.69) is 5.32 Å². The van der Waals surface area contributed by atoms with E-state index in [0.717, 1.165) is 4.90 Å². The molecule has 1 aromatic heterocycles. The SMILES string of the molecule is CC1(c2ccccc2)NC(=O)N(Cc2ccc(C(=O)O)o2)C1=O. The molecule has 2 heterocycles. The lowest BCUT2D eigenvalue weighted by atomic mass is 9.92. The van der Waals surface area contributed by atoms with Gasteiger partial charge in [-0.25, -0.2) is 9.59 Å². The van der Waals surface area contributed by atoms with Gasteiger partial charge in [-0.05, 0) is 24.6 Å². The van der Waals surface area contributed by atoms with Gasteiger partial charge in [0.25, 0.3) is 5.91 Å². The number of benzene rings is 1. The highest BCUT2D eigenvalue weighted by Gasteiger charge is 2.49. The van der Waals surface area contributed by atoms with E-state index in [1.165, 1.54) is 12.1 Å². The molecule has 3 amide bonds. The minimum Gasteiger partial charge on any atom is -0.475 e. The topological polar surface area (TPSA) is 99.8 Å².